The molecule has 1 unspecified atom stereocenters. The Morgan fingerprint density at radius 3 is 2.30 bits per heavy atom. The predicted molar refractivity (Wildman–Crippen MR) is 44.8 cm³/mol. The highest BCUT2D eigenvalue weighted by Gasteiger charge is 2.00. The van der Waals surface area contributed by atoms with Gasteiger partial charge in [0, 0.05) is 0 Å². The number of ether oxygens (including phenoxy) is 1. The molecule has 0 rings (SSSR count). The molecule has 0 aliphatic carbocycles. The highest BCUT2D eigenvalue weighted by atomic mass is 16.5. The Kier molecular flexibility index (Phi) is 5.09. The van der Waals surface area contributed by atoms with Crippen molar-refractivity contribution in [1.29, 1.82) is 0 Å². The number of hydrogen-bond donors (Lipinski definition) is 0. The summed E-state index contributed by atoms with van der Waals surface area (Å²) in [6.45, 7) is 9.37. The van der Waals surface area contributed by atoms with E-state index in [4.69, 9.17) is 4.74 Å². The fourth-order valence-electron chi connectivity index (χ4n) is 0.498. The zero-order chi connectivity index (χ0) is 7.98. The zero-order valence-corrected chi connectivity index (χ0v) is 7.42. The van der Waals surface area contributed by atoms with Gasteiger partial charge in [0.25, 0.3) is 0 Å². The Labute approximate surface area is 64.1 Å². The molecule has 0 aliphatic heterocycles. The van der Waals surface area contributed by atoms with E-state index in [1.807, 2.05) is 6.92 Å². The van der Waals surface area contributed by atoms with E-state index in [0.29, 0.717) is 11.8 Å². The average molecular weight is 142 g/mol. The summed E-state index contributed by atoms with van der Waals surface area (Å²) in [4.78, 5) is 0. The first kappa shape index (κ1) is 9.54. The van der Waals surface area contributed by atoms with E-state index in [0.717, 1.165) is 6.61 Å². The van der Waals surface area contributed by atoms with Gasteiger partial charge < -0.3 is 4.74 Å². The third kappa shape index (κ3) is 4.42. The van der Waals surface area contributed by atoms with Crippen LogP contribution in [0.4, 0.5) is 0 Å². The fourth-order valence-corrected chi connectivity index (χ4v) is 0.498. The highest BCUT2D eigenvalue weighted by Crippen LogP contribution is 2.10. The van der Waals surface area contributed by atoms with Crippen molar-refractivity contribution in [2.24, 2.45) is 11.8 Å². The topological polar surface area (TPSA) is 9.23 Å². The van der Waals surface area contributed by atoms with Gasteiger partial charge in [-0.15, -0.1) is 0 Å². The molecule has 0 spiro atoms. The van der Waals surface area contributed by atoms with Crippen molar-refractivity contribution in [3.05, 3.63) is 12.3 Å². The summed E-state index contributed by atoms with van der Waals surface area (Å²) >= 11 is 0. The molecule has 0 bridgehead atoms. The lowest BCUT2D eigenvalue weighted by Crippen LogP contribution is -1.99. The van der Waals surface area contributed by atoms with Crippen LogP contribution in [0.2, 0.25) is 0 Å². The van der Waals surface area contributed by atoms with Gasteiger partial charge in [0.2, 0.25) is 0 Å². The van der Waals surface area contributed by atoms with Crippen molar-refractivity contribution < 1.29 is 4.74 Å². The van der Waals surface area contributed by atoms with Crippen LogP contribution in [0.3, 0.4) is 0 Å². The molecule has 0 aromatic carbocycles. The van der Waals surface area contributed by atoms with Gasteiger partial charge in [-0.3, -0.25) is 0 Å². The summed E-state index contributed by atoms with van der Waals surface area (Å²) in [6.07, 6.45) is 3.90. The van der Waals surface area contributed by atoms with Crippen LogP contribution in [0, 0.1) is 11.8 Å². The van der Waals surface area contributed by atoms with Crippen molar-refractivity contribution in [2.45, 2.75) is 27.7 Å². The first-order valence-corrected chi connectivity index (χ1v) is 3.96. The van der Waals surface area contributed by atoms with E-state index in [9.17, 15) is 0 Å². The molecule has 0 radical (unpaired) electrons. The summed E-state index contributed by atoms with van der Waals surface area (Å²) < 4.78 is 5.07. The minimum Gasteiger partial charge on any atom is -0.502 e. The normalized spacial score (nSPS) is 14.5. The van der Waals surface area contributed by atoms with E-state index in [1.165, 1.54) is 0 Å². The molecular weight excluding hydrogens is 124 g/mol. The standard InChI is InChI=1S/C9H18O/c1-5-10-7-6-9(4)8(2)3/h6-9H,5H2,1-4H3/b7-6-. The third-order valence-corrected chi connectivity index (χ3v) is 1.70. The second-order valence-electron chi connectivity index (χ2n) is 2.89. The molecule has 60 valence electrons. The summed E-state index contributed by atoms with van der Waals surface area (Å²) in [7, 11) is 0. The van der Waals surface area contributed by atoms with Crippen molar-refractivity contribution in [1.82, 2.24) is 0 Å². The van der Waals surface area contributed by atoms with E-state index >= 15 is 0 Å². The van der Waals surface area contributed by atoms with Gasteiger partial charge in [0.05, 0.1) is 12.9 Å². The van der Waals surface area contributed by atoms with Crippen molar-refractivity contribution in [3.8, 4) is 0 Å². The molecule has 0 saturated heterocycles. The fraction of sp³-hybridized carbons (Fsp3) is 0.778. The molecule has 0 aliphatic rings. The van der Waals surface area contributed by atoms with Gasteiger partial charge in [0.15, 0.2) is 0 Å². The highest BCUT2D eigenvalue weighted by molar-refractivity contribution is 4.81. The maximum atomic E-state index is 5.07. The lowest BCUT2D eigenvalue weighted by Gasteiger charge is -2.08. The summed E-state index contributed by atoms with van der Waals surface area (Å²) in [5.41, 5.74) is 0. The Bertz CT molecular complexity index is 94.9. The van der Waals surface area contributed by atoms with Gasteiger partial charge >= 0.3 is 0 Å². The lowest BCUT2D eigenvalue weighted by atomic mass is 9.99. The van der Waals surface area contributed by atoms with Crippen LogP contribution in [0.15, 0.2) is 12.3 Å². The first-order chi connectivity index (χ1) is 4.68. The Morgan fingerprint density at radius 1 is 1.30 bits per heavy atom. The van der Waals surface area contributed by atoms with E-state index in [2.05, 4.69) is 26.8 Å². The van der Waals surface area contributed by atoms with Gasteiger partial charge in [-0.1, -0.05) is 20.8 Å². The molecule has 0 fully saturated rings. The lowest BCUT2D eigenvalue weighted by molar-refractivity contribution is 0.265. The molecule has 0 heterocycles. The smallest absolute Gasteiger partial charge is 0.0845 e. The van der Waals surface area contributed by atoms with E-state index in [-0.39, 0.29) is 0 Å². The largest absolute Gasteiger partial charge is 0.502 e. The average Bonchev–Trinajstić information content (AvgIpc) is 1.88. The van der Waals surface area contributed by atoms with Crippen LogP contribution in [0.25, 0.3) is 0 Å². The number of hydrogen-bond acceptors (Lipinski definition) is 1. The molecule has 0 amide bonds. The Balaban J connectivity index is 3.45. The van der Waals surface area contributed by atoms with Crippen molar-refractivity contribution >= 4 is 0 Å². The third-order valence-electron chi connectivity index (χ3n) is 1.70. The maximum Gasteiger partial charge on any atom is 0.0845 e. The molecule has 1 atom stereocenters. The summed E-state index contributed by atoms with van der Waals surface area (Å²) in [5.74, 6) is 1.32. The minimum atomic E-state index is 0.617. The van der Waals surface area contributed by atoms with Crippen molar-refractivity contribution in [3.63, 3.8) is 0 Å². The number of rotatable bonds is 4. The summed E-state index contributed by atoms with van der Waals surface area (Å²) in [6, 6.07) is 0. The number of allylic oxidation sites excluding steroid dienone is 1. The molecule has 1 nitrogen and oxygen atoms in total. The minimum absolute atomic E-state index is 0.617. The van der Waals surface area contributed by atoms with E-state index in [1.54, 1.807) is 6.26 Å². The molecular formula is C9H18O. The van der Waals surface area contributed by atoms with Gasteiger partial charge in [-0.2, -0.15) is 0 Å². The first-order valence-electron chi connectivity index (χ1n) is 3.96. The van der Waals surface area contributed by atoms with Crippen LogP contribution in [-0.2, 0) is 4.74 Å². The SMILES string of the molecule is CCO/C=C\C(C)C(C)C. The van der Waals surface area contributed by atoms with Crippen LogP contribution < -0.4 is 0 Å². The van der Waals surface area contributed by atoms with Gasteiger partial charge in [-0.25, -0.2) is 0 Å². The summed E-state index contributed by atoms with van der Waals surface area (Å²) in [5, 5.41) is 0. The Hall–Kier alpha value is -0.460. The maximum absolute atomic E-state index is 5.07. The van der Waals surface area contributed by atoms with Crippen LogP contribution in [0.5, 0.6) is 0 Å². The second kappa shape index (κ2) is 5.33. The molecule has 0 N–H and O–H groups in total. The molecule has 10 heavy (non-hydrogen) atoms. The predicted octanol–water partition coefficient (Wildman–Crippen LogP) is 2.83. The van der Waals surface area contributed by atoms with Crippen LogP contribution >= 0.6 is 0 Å². The van der Waals surface area contributed by atoms with Crippen molar-refractivity contribution in [2.75, 3.05) is 6.61 Å². The molecule has 0 aromatic heterocycles. The second-order valence-corrected chi connectivity index (χ2v) is 2.89. The van der Waals surface area contributed by atoms with E-state index < -0.39 is 0 Å². The van der Waals surface area contributed by atoms with Gasteiger partial charge in [0.1, 0.15) is 0 Å². The Morgan fingerprint density at radius 2 is 1.90 bits per heavy atom. The quantitative estimate of drug-likeness (QED) is 0.548. The monoisotopic (exact) mass is 142 g/mol. The zero-order valence-electron chi connectivity index (χ0n) is 7.42. The van der Waals surface area contributed by atoms with Crippen LogP contribution in [0.1, 0.15) is 27.7 Å². The van der Waals surface area contributed by atoms with Crippen LogP contribution in [-0.4, -0.2) is 6.61 Å². The molecule has 1 heteroatoms. The molecule has 0 saturated carbocycles. The molecule has 0 aromatic rings. The van der Waals surface area contributed by atoms with Gasteiger partial charge in [-0.05, 0) is 24.8 Å².